The molecule has 3 rings (SSSR count). The lowest BCUT2D eigenvalue weighted by molar-refractivity contribution is -0.384. The van der Waals surface area contributed by atoms with E-state index < -0.39 is 4.92 Å². The number of nitrogens with one attached hydrogen (secondary N) is 1. The minimum atomic E-state index is -0.448. The fourth-order valence-electron chi connectivity index (χ4n) is 3.08. The van der Waals surface area contributed by atoms with Gasteiger partial charge >= 0.3 is 0 Å². The molecule has 142 valence electrons. The first kappa shape index (κ1) is 20.3. The highest BCUT2D eigenvalue weighted by molar-refractivity contribution is 7.97. The molecule has 1 heterocycles. The van der Waals surface area contributed by atoms with Gasteiger partial charge in [0.05, 0.1) is 15.5 Å². The highest BCUT2D eigenvalue weighted by Gasteiger charge is 2.23. The molecule has 1 aromatic heterocycles. The molecule has 1 saturated carbocycles. The number of hydrogen-bond donors (Lipinski definition) is 2. The number of nitro groups is 1. The second kappa shape index (κ2) is 9.05. The van der Waals surface area contributed by atoms with Crippen LogP contribution in [0.1, 0.15) is 51.0 Å². The van der Waals surface area contributed by atoms with Crippen LogP contribution in [0.3, 0.4) is 0 Å². The Labute approximate surface area is 158 Å². The summed E-state index contributed by atoms with van der Waals surface area (Å²) >= 11 is 1.37. The molecule has 8 heteroatoms. The van der Waals surface area contributed by atoms with E-state index in [1.165, 1.54) is 30.9 Å². The quantitative estimate of drug-likeness (QED) is 0.326. The molecule has 1 aliphatic carbocycles. The molecule has 0 amide bonds. The zero-order chi connectivity index (χ0) is 19.3. The van der Waals surface area contributed by atoms with Crippen LogP contribution in [0.15, 0.2) is 21.6 Å². The standard InChI is InChI=1S/C16H20N4O3S.C2H6/c1-9-15(10(2)23-18-9)11-7-13(20(21)22)16(17)14(8-11)24-19-12-5-3-4-6-12;1-2/h7-8,12,19H,3-6,17H2,1-2H3;1-2H3. The number of aromatic nitrogens is 1. The molecule has 0 spiro atoms. The van der Waals surface area contributed by atoms with E-state index in [9.17, 15) is 10.1 Å². The lowest BCUT2D eigenvalue weighted by atomic mass is 10.0. The van der Waals surface area contributed by atoms with Crippen LogP contribution in [-0.4, -0.2) is 16.1 Å². The maximum Gasteiger partial charge on any atom is 0.293 e. The molecular weight excluding hydrogens is 352 g/mol. The third kappa shape index (κ3) is 4.37. The van der Waals surface area contributed by atoms with E-state index in [0.717, 1.165) is 18.4 Å². The smallest absolute Gasteiger partial charge is 0.293 e. The first-order chi connectivity index (χ1) is 12.5. The van der Waals surface area contributed by atoms with Crippen LogP contribution in [0, 0.1) is 24.0 Å². The van der Waals surface area contributed by atoms with E-state index in [0.29, 0.717) is 28.0 Å². The van der Waals surface area contributed by atoms with Crippen molar-refractivity contribution in [1.82, 2.24) is 9.88 Å². The maximum atomic E-state index is 11.4. The summed E-state index contributed by atoms with van der Waals surface area (Å²) in [6.45, 7) is 7.61. The summed E-state index contributed by atoms with van der Waals surface area (Å²) < 4.78 is 8.57. The summed E-state index contributed by atoms with van der Waals surface area (Å²) in [6, 6.07) is 3.78. The minimum absolute atomic E-state index is 0.0942. The van der Waals surface area contributed by atoms with Gasteiger partial charge in [-0.2, -0.15) is 0 Å². The first-order valence-corrected chi connectivity index (χ1v) is 9.72. The van der Waals surface area contributed by atoms with Crippen molar-refractivity contribution in [1.29, 1.82) is 0 Å². The average Bonchev–Trinajstić information content (AvgIpc) is 3.26. The fraction of sp³-hybridized carbons (Fsp3) is 0.500. The first-order valence-electron chi connectivity index (χ1n) is 8.91. The molecular formula is C18H26N4O3S. The van der Waals surface area contributed by atoms with Crippen LogP contribution in [0.5, 0.6) is 0 Å². The number of anilines is 1. The molecule has 1 aromatic carbocycles. The van der Waals surface area contributed by atoms with Crippen molar-refractivity contribution in [2.45, 2.75) is 64.3 Å². The molecule has 0 atom stereocenters. The molecule has 0 radical (unpaired) electrons. The largest absolute Gasteiger partial charge is 0.392 e. The summed E-state index contributed by atoms with van der Waals surface area (Å²) in [6.07, 6.45) is 4.68. The number of aryl methyl sites for hydroxylation is 2. The van der Waals surface area contributed by atoms with Crippen molar-refractivity contribution in [2.75, 3.05) is 5.73 Å². The van der Waals surface area contributed by atoms with Crippen LogP contribution < -0.4 is 10.5 Å². The molecule has 2 aromatic rings. The molecule has 0 aliphatic heterocycles. The number of nitro benzene ring substituents is 1. The molecule has 3 N–H and O–H groups in total. The van der Waals surface area contributed by atoms with Crippen LogP contribution in [0.4, 0.5) is 11.4 Å². The molecule has 26 heavy (non-hydrogen) atoms. The van der Waals surface area contributed by atoms with Crippen molar-refractivity contribution < 1.29 is 9.45 Å². The summed E-state index contributed by atoms with van der Waals surface area (Å²) in [5.74, 6) is 0.631. The molecule has 7 nitrogen and oxygen atoms in total. The Morgan fingerprint density at radius 2 is 1.96 bits per heavy atom. The Kier molecular flexibility index (Phi) is 7.05. The number of nitrogens with two attached hydrogens (primary N) is 1. The Balaban J connectivity index is 0.00000117. The van der Waals surface area contributed by atoms with Gasteiger partial charge in [-0.25, -0.2) is 0 Å². The highest BCUT2D eigenvalue weighted by atomic mass is 32.2. The van der Waals surface area contributed by atoms with Crippen molar-refractivity contribution in [3.05, 3.63) is 33.7 Å². The zero-order valence-corrected chi connectivity index (χ0v) is 16.5. The summed E-state index contributed by atoms with van der Waals surface area (Å²) in [5.41, 5.74) is 8.29. The van der Waals surface area contributed by atoms with Gasteiger partial charge in [-0.1, -0.05) is 31.8 Å². The second-order valence-electron chi connectivity index (χ2n) is 6.06. The lowest BCUT2D eigenvalue weighted by Crippen LogP contribution is -2.18. The fourth-order valence-corrected chi connectivity index (χ4v) is 4.01. The lowest BCUT2D eigenvalue weighted by Gasteiger charge is -2.13. The van der Waals surface area contributed by atoms with E-state index in [-0.39, 0.29) is 11.4 Å². The van der Waals surface area contributed by atoms with Gasteiger partial charge in [0.1, 0.15) is 11.4 Å². The Bertz CT molecular complexity index is 751. The Morgan fingerprint density at radius 3 is 2.50 bits per heavy atom. The summed E-state index contributed by atoms with van der Waals surface area (Å²) in [5, 5.41) is 15.3. The van der Waals surface area contributed by atoms with Gasteiger partial charge in [0.25, 0.3) is 5.69 Å². The maximum absolute atomic E-state index is 11.4. The Hall–Kier alpha value is -2.06. The third-order valence-electron chi connectivity index (χ3n) is 4.33. The van der Waals surface area contributed by atoms with Gasteiger partial charge in [0.2, 0.25) is 0 Å². The van der Waals surface area contributed by atoms with E-state index in [1.807, 2.05) is 26.8 Å². The molecule has 1 fully saturated rings. The molecule has 0 unspecified atom stereocenters. The van der Waals surface area contributed by atoms with Crippen molar-refractivity contribution in [2.24, 2.45) is 0 Å². The second-order valence-corrected chi connectivity index (χ2v) is 6.94. The predicted octanol–water partition coefficient (Wildman–Crippen LogP) is 5.01. The number of nitrogens with zero attached hydrogens (tertiary/aromatic N) is 2. The minimum Gasteiger partial charge on any atom is -0.392 e. The number of hydrogen-bond acceptors (Lipinski definition) is 7. The SMILES string of the molecule is CC.Cc1noc(C)c1-c1cc(SNC2CCCC2)c(N)c([N+](=O)[O-])c1. The topological polar surface area (TPSA) is 107 Å². The van der Waals surface area contributed by atoms with Gasteiger partial charge in [0, 0.05) is 17.7 Å². The Morgan fingerprint density at radius 1 is 1.31 bits per heavy atom. The van der Waals surface area contributed by atoms with Crippen molar-refractivity contribution in [3.63, 3.8) is 0 Å². The molecule has 1 aliphatic rings. The third-order valence-corrected chi connectivity index (χ3v) is 5.34. The van der Waals surface area contributed by atoms with Crippen LogP contribution in [0.25, 0.3) is 11.1 Å². The van der Waals surface area contributed by atoms with E-state index in [1.54, 1.807) is 6.92 Å². The van der Waals surface area contributed by atoms with Gasteiger partial charge in [-0.15, -0.1) is 0 Å². The van der Waals surface area contributed by atoms with Gasteiger partial charge < -0.3 is 10.3 Å². The highest BCUT2D eigenvalue weighted by Crippen LogP contribution is 2.39. The van der Waals surface area contributed by atoms with Crippen LogP contribution >= 0.6 is 11.9 Å². The van der Waals surface area contributed by atoms with E-state index in [4.69, 9.17) is 10.3 Å². The average molecular weight is 378 g/mol. The van der Waals surface area contributed by atoms with Gasteiger partial charge in [-0.3, -0.25) is 14.8 Å². The number of benzene rings is 1. The molecule has 0 saturated heterocycles. The van der Waals surface area contributed by atoms with Crippen molar-refractivity contribution in [3.8, 4) is 11.1 Å². The number of nitrogen functional groups attached to an aromatic ring is 1. The van der Waals surface area contributed by atoms with E-state index >= 15 is 0 Å². The summed E-state index contributed by atoms with van der Waals surface area (Å²) in [4.78, 5) is 11.6. The van der Waals surface area contributed by atoms with Gasteiger partial charge in [0.15, 0.2) is 0 Å². The normalized spacial score (nSPS) is 14.2. The monoisotopic (exact) mass is 378 g/mol. The van der Waals surface area contributed by atoms with Crippen molar-refractivity contribution >= 4 is 23.3 Å². The molecule has 0 bridgehead atoms. The summed E-state index contributed by atoms with van der Waals surface area (Å²) in [7, 11) is 0. The number of rotatable bonds is 5. The van der Waals surface area contributed by atoms with Crippen LogP contribution in [-0.2, 0) is 0 Å². The van der Waals surface area contributed by atoms with Gasteiger partial charge in [-0.05, 0) is 50.3 Å². The van der Waals surface area contributed by atoms with E-state index in [2.05, 4.69) is 9.88 Å². The van der Waals surface area contributed by atoms with Crippen LogP contribution in [0.2, 0.25) is 0 Å². The predicted molar refractivity (Wildman–Crippen MR) is 105 cm³/mol. The zero-order valence-electron chi connectivity index (χ0n) is 15.7.